The van der Waals surface area contributed by atoms with Crippen molar-refractivity contribution in [3.8, 4) is 0 Å². The molecule has 124 valence electrons. The van der Waals surface area contributed by atoms with Gasteiger partial charge in [0.15, 0.2) is 12.4 Å². The number of hydrogen-bond donors (Lipinski definition) is 0. The van der Waals surface area contributed by atoms with E-state index in [9.17, 15) is 4.79 Å². The van der Waals surface area contributed by atoms with Gasteiger partial charge in [-0.2, -0.15) is 4.57 Å². The van der Waals surface area contributed by atoms with Gasteiger partial charge in [-0.05, 0) is 42.9 Å². The zero-order valence-electron chi connectivity index (χ0n) is 14.2. The van der Waals surface area contributed by atoms with Crippen molar-refractivity contribution in [2.75, 3.05) is 0 Å². The Balaban J connectivity index is 1.46. The molecule has 0 radical (unpaired) electrons. The molecule has 3 fully saturated rings. The van der Waals surface area contributed by atoms with Crippen molar-refractivity contribution in [1.82, 2.24) is 0 Å². The van der Waals surface area contributed by atoms with Gasteiger partial charge in [0, 0.05) is 18.1 Å². The van der Waals surface area contributed by atoms with Crippen LogP contribution in [0.2, 0.25) is 0 Å². The summed E-state index contributed by atoms with van der Waals surface area (Å²) in [7, 11) is 0. The number of pyridine rings is 1. The van der Waals surface area contributed by atoms with Crippen molar-refractivity contribution >= 4 is 5.78 Å². The fraction of sp³-hybridized carbons (Fsp3) is 0.714. The number of nitrogens with zero attached hydrogens (tertiary/aromatic N) is 1. The minimum Gasteiger partial charge on any atom is -0.292 e. The molecule has 1 aromatic rings. The minimum absolute atomic E-state index is 0.337. The maximum absolute atomic E-state index is 13.0. The number of aromatic nitrogens is 1. The lowest BCUT2D eigenvalue weighted by atomic mass is 9.56. The van der Waals surface area contributed by atoms with Crippen LogP contribution in [-0.2, 0) is 11.3 Å². The molecule has 3 aliphatic rings. The molecule has 0 aromatic carbocycles. The largest absolute Gasteiger partial charge is 0.292 e. The van der Waals surface area contributed by atoms with Crippen molar-refractivity contribution in [3.63, 3.8) is 0 Å². The summed E-state index contributed by atoms with van der Waals surface area (Å²) < 4.78 is 2.05. The van der Waals surface area contributed by atoms with Gasteiger partial charge in [-0.25, -0.2) is 0 Å². The molecule has 1 aromatic heterocycles. The summed E-state index contributed by atoms with van der Waals surface area (Å²) >= 11 is 0. The SMILES string of the molecule is O=C(C[n+]1ccccc1)[C@H]1CCC[C@H]2C[C@H]3CCCC[C@H]3C[C@@H]21. The molecule has 2 heteroatoms. The molecule has 3 aliphatic carbocycles. The van der Waals surface area contributed by atoms with Gasteiger partial charge in [0.1, 0.15) is 0 Å². The summed E-state index contributed by atoms with van der Waals surface area (Å²) in [6.45, 7) is 0.572. The fourth-order valence-electron chi connectivity index (χ4n) is 5.89. The van der Waals surface area contributed by atoms with Crippen molar-refractivity contribution < 1.29 is 9.36 Å². The van der Waals surface area contributed by atoms with Crippen molar-refractivity contribution in [3.05, 3.63) is 30.6 Å². The average Bonchev–Trinajstić information content (AvgIpc) is 2.60. The molecule has 0 spiro atoms. The molecule has 1 heterocycles. The summed E-state index contributed by atoms with van der Waals surface area (Å²) in [5.41, 5.74) is 0. The van der Waals surface area contributed by atoms with E-state index in [-0.39, 0.29) is 0 Å². The van der Waals surface area contributed by atoms with Crippen LogP contribution in [0.15, 0.2) is 30.6 Å². The highest BCUT2D eigenvalue weighted by atomic mass is 16.1. The lowest BCUT2D eigenvalue weighted by Gasteiger charge is -2.48. The van der Waals surface area contributed by atoms with Crippen molar-refractivity contribution in [2.24, 2.45) is 29.6 Å². The van der Waals surface area contributed by atoms with Gasteiger partial charge in [0.2, 0.25) is 12.3 Å². The maximum atomic E-state index is 13.0. The first-order valence-corrected chi connectivity index (χ1v) is 9.78. The van der Waals surface area contributed by atoms with Crippen LogP contribution in [0.3, 0.4) is 0 Å². The Hall–Kier alpha value is -1.18. The number of ketones is 1. The molecule has 0 bridgehead atoms. The Morgan fingerprint density at radius 3 is 2.30 bits per heavy atom. The third-order valence-corrected chi connectivity index (χ3v) is 6.99. The number of Topliss-reactive ketones (excluding diaryl/α,β-unsaturated/α-hetero) is 1. The number of fused-ring (bicyclic) bond motifs is 2. The van der Waals surface area contributed by atoms with Gasteiger partial charge < -0.3 is 0 Å². The zero-order valence-corrected chi connectivity index (χ0v) is 14.2. The maximum Gasteiger partial charge on any atom is 0.206 e. The van der Waals surface area contributed by atoms with Crippen molar-refractivity contribution in [2.45, 2.75) is 64.3 Å². The van der Waals surface area contributed by atoms with Crippen LogP contribution >= 0.6 is 0 Å². The predicted molar refractivity (Wildman–Crippen MR) is 90.6 cm³/mol. The van der Waals surface area contributed by atoms with Gasteiger partial charge in [0.25, 0.3) is 0 Å². The normalized spacial score (nSPS) is 36.8. The first-order valence-electron chi connectivity index (χ1n) is 9.78. The quantitative estimate of drug-likeness (QED) is 0.767. The van der Waals surface area contributed by atoms with E-state index in [0.29, 0.717) is 24.2 Å². The molecule has 3 saturated carbocycles. The van der Waals surface area contributed by atoms with E-state index < -0.39 is 0 Å². The topological polar surface area (TPSA) is 20.9 Å². The highest BCUT2D eigenvalue weighted by molar-refractivity contribution is 5.80. The molecule has 4 rings (SSSR count). The van der Waals surface area contributed by atoms with Crippen LogP contribution in [-0.4, -0.2) is 5.78 Å². The van der Waals surface area contributed by atoms with E-state index >= 15 is 0 Å². The van der Waals surface area contributed by atoms with Gasteiger partial charge in [-0.15, -0.1) is 0 Å². The Kier molecular flexibility index (Phi) is 4.50. The number of carbonyl (C=O) groups is 1. The van der Waals surface area contributed by atoms with E-state index in [4.69, 9.17) is 0 Å². The number of carbonyl (C=O) groups excluding carboxylic acids is 1. The minimum atomic E-state index is 0.337. The molecule has 0 N–H and O–H groups in total. The molecule has 23 heavy (non-hydrogen) atoms. The molecular formula is C21H30NO+. The summed E-state index contributed by atoms with van der Waals surface area (Å²) in [4.78, 5) is 13.0. The lowest BCUT2D eigenvalue weighted by Crippen LogP contribution is -2.46. The van der Waals surface area contributed by atoms with E-state index in [2.05, 4.69) is 4.57 Å². The van der Waals surface area contributed by atoms with E-state index in [1.165, 1.54) is 51.4 Å². The second kappa shape index (κ2) is 6.75. The Labute approximate surface area is 140 Å². The monoisotopic (exact) mass is 312 g/mol. The molecule has 0 saturated heterocycles. The molecular weight excluding hydrogens is 282 g/mol. The Bertz CT molecular complexity index is 540. The molecule has 0 unspecified atom stereocenters. The Morgan fingerprint density at radius 2 is 1.52 bits per heavy atom. The summed E-state index contributed by atoms with van der Waals surface area (Å²) in [6.07, 6.45) is 16.4. The third-order valence-electron chi connectivity index (χ3n) is 6.99. The van der Waals surface area contributed by atoms with Crippen LogP contribution in [0.4, 0.5) is 0 Å². The van der Waals surface area contributed by atoms with Gasteiger partial charge in [0.05, 0.1) is 0 Å². The van der Waals surface area contributed by atoms with Crippen LogP contribution in [0, 0.1) is 29.6 Å². The fourth-order valence-corrected chi connectivity index (χ4v) is 5.89. The first-order chi connectivity index (χ1) is 11.3. The van der Waals surface area contributed by atoms with Gasteiger partial charge in [-0.1, -0.05) is 44.6 Å². The molecule has 0 amide bonds. The lowest BCUT2D eigenvalue weighted by molar-refractivity contribution is -0.684. The summed E-state index contributed by atoms with van der Waals surface area (Å²) in [5, 5.41) is 0. The number of rotatable bonds is 3. The van der Waals surface area contributed by atoms with E-state index in [1.54, 1.807) is 0 Å². The molecule has 5 atom stereocenters. The van der Waals surface area contributed by atoms with Gasteiger partial charge in [-0.3, -0.25) is 4.79 Å². The van der Waals surface area contributed by atoms with Crippen LogP contribution < -0.4 is 4.57 Å². The summed E-state index contributed by atoms with van der Waals surface area (Å²) in [6, 6.07) is 6.05. The van der Waals surface area contributed by atoms with Crippen LogP contribution in [0.1, 0.15) is 57.8 Å². The second-order valence-corrected chi connectivity index (χ2v) is 8.25. The van der Waals surface area contributed by atoms with Crippen LogP contribution in [0.5, 0.6) is 0 Å². The number of hydrogen-bond acceptors (Lipinski definition) is 1. The second-order valence-electron chi connectivity index (χ2n) is 8.25. The predicted octanol–water partition coefficient (Wildman–Crippen LogP) is 4.18. The van der Waals surface area contributed by atoms with E-state index in [0.717, 1.165) is 24.2 Å². The smallest absolute Gasteiger partial charge is 0.206 e. The standard InChI is InChI=1S/C21H30NO/c23-21(15-22-11-4-1-5-12-22)19-10-6-9-18-13-16-7-2-3-8-17(16)14-20(18)19/h1,4-5,11-12,16-20H,2-3,6-10,13-15H2/q+1/t16-,17+,18+,19+,20+/m1/s1. The van der Waals surface area contributed by atoms with Crippen molar-refractivity contribution in [1.29, 1.82) is 0 Å². The van der Waals surface area contributed by atoms with Crippen LogP contribution in [0.25, 0.3) is 0 Å². The highest BCUT2D eigenvalue weighted by Crippen LogP contribution is 2.51. The zero-order chi connectivity index (χ0) is 15.6. The average molecular weight is 312 g/mol. The third kappa shape index (κ3) is 3.22. The molecule has 2 nitrogen and oxygen atoms in total. The summed E-state index contributed by atoms with van der Waals surface area (Å²) in [5.74, 6) is 4.29. The molecule has 0 aliphatic heterocycles. The first kappa shape index (κ1) is 15.4. The van der Waals surface area contributed by atoms with Gasteiger partial charge >= 0.3 is 0 Å². The van der Waals surface area contributed by atoms with E-state index in [1.807, 2.05) is 30.6 Å². The Morgan fingerprint density at radius 1 is 0.826 bits per heavy atom. The highest BCUT2D eigenvalue weighted by Gasteiger charge is 2.45.